The van der Waals surface area contributed by atoms with Crippen molar-refractivity contribution in [1.29, 1.82) is 0 Å². The minimum atomic E-state index is -4.48. The predicted octanol–water partition coefficient (Wildman–Crippen LogP) is 3.86. The monoisotopic (exact) mass is 362 g/mol. The number of aromatic nitrogens is 2. The zero-order valence-corrected chi connectivity index (χ0v) is 13.5. The fourth-order valence-electron chi connectivity index (χ4n) is 2.38. The molecule has 3 rings (SSSR count). The largest absolute Gasteiger partial charge is 0.451 e. The van der Waals surface area contributed by atoms with Gasteiger partial charge in [-0.05, 0) is 43.3 Å². The van der Waals surface area contributed by atoms with Gasteiger partial charge in [-0.15, -0.1) is 0 Å². The molecule has 1 unspecified atom stereocenters. The molecular weight excluding hydrogens is 349 g/mol. The van der Waals surface area contributed by atoms with Crippen LogP contribution < -0.4 is 5.56 Å². The van der Waals surface area contributed by atoms with Crippen molar-refractivity contribution in [2.45, 2.75) is 19.2 Å². The van der Waals surface area contributed by atoms with E-state index in [1.54, 1.807) is 24.3 Å². The quantitative estimate of drug-likeness (QED) is 0.718. The Hall–Kier alpha value is -3.16. The van der Waals surface area contributed by atoms with E-state index in [-0.39, 0.29) is 16.9 Å². The fourth-order valence-corrected chi connectivity index (χ4v) is 2.38. The minimum absolute atomic E-state index is 0.0343. The maximum absolute atomic E-state index is 12.6. The number of carbonyl (C=O) groups is 1. The SMILES string of the molecule is CC(OC(=O)c1ccc(C(F)(F)F)cc1)c1nc2ccccc2c(=O)[nH]1. The summed E-state index contributed by atoms with van der Waals surface area (Å²) in [4.78, 5) is 31.0. The maximum Gasteiger partial charge on any atom is 0.416 e. The molecule has 0 radical (unpaired) electrons. The van der Waals surface area contributed by atoms with Crippen LogP contribution in [0.5, 0.6) is 0 Å². The first-order valence-electron chi connectivity index (χ1n) is 7.63. The van der Waals surface area contributed by atoms with Crippen LogP contribution >= 0.6 is 0 Å². The van der Waals surface area contributed by atoms with Crippen molar-refractivity contribution in [2.75, 3.05) is 0 Å². The average molecular weight is 362 g/mol. The molecule has 134 valence electrons. The summed E-state index contributed by atoms with van der Waals surface area (Å²) < 4.78 is 42.9. The van der Waals surface area contributed by atoms with Crippen LogP contribution in [0.2, 0.25) is 0 Å². The number of hydrogen-bond donors (Lipinski definition) is 1. The Labute approximate surface area is 145 Å². The third kappa shape index (κ3) is 3.58. The van der Waals surface area contributed by atoms with Crippen LogP contribution in [0.15, 0.2) is 53.3 Å². The molecule has 0 aliphatic heterocycles. The Morgan fingerprint density at radius 2 is 1.77 bits per heavy atom. The van der Waals surface area contributed by atoms with Crippen molar-refractivity contribution < 1.29 is 22.7 Å². The maximum atomic E-state index is 12.6. The van der Waals surface area contributed by atoms with Crippen molar-refractivity contribution >= 4 is 16.9 Å². The van der Waals surface area contributed by atoms with Gasteiger partial charge in [-0.3, -0.25) is 4.79 Å². The predicted molar refractivity (Wildman–Crippen MR) is 87.6 cm³/mol. The number of fused-ring (bicyclic) bond motifs is 1. The summed E-state index contributed by atoms with van der Waals surface area (Å²) in [5, 5.41) is 0.400. The first-order chi connectivity index (χ1) is 12.3. The number of alkyl halides is 3. The summed E-state index contributed by atoms with van der Waals surface area (Å²) in [5.41, 5.74) is -0.817. The van der Waals surface area contributed by atoms with Crippen LogP contribution in [0, 0.1) is 0 Å². The number of para-hydroxylation sites is 1. The molecule has 3 aromatic rings. The van der Waals surface area contributed by atoms with Crippen molar-refractivity contribution in [2.24, 2.45) is 0 Å². The van der Waals surface area contributed by atoms with Gasteiger partial charge in [0.15, 0.2) is 11.9 Å². The number of rotatable bonds is 3. The first-order valence-corrected chi connectivity index (χ1v) is 7.63. The van der Waals surface area contributed by atoms with E-state index in [1.807, 2.05) is 0 Å². The molecule has 5 nitrogen and oxygen atoms in total. The number of halogens is 3. The summed E-state index contributed by atoms with van der Waals surface area (Å²) in [6.07, 6.45) is -5.37. The second kappa shape index (κ2) is 6.62. The zero-order chi connectivity index (χ0) is 18.9. The van der Waals surface area contributed by atoms with E-state index in [4.69, 9.17) is 4.74 Å². The third-order valence-electron chi connectivity index (χ3n) is 3.75. The number of hydrogen-bond acceptors (Lipinski definition) is 4. The van der Waals surface area contributed by atoms with E-state index < -0.39 is 23.8 Å². The summed E-state index contributed by atoms with van der Waals surface area (Å²) in [7, 11) is 0. The summed E-state index contributed by atoms with van der Waals surface area (Å²) in [5.74, 6) is -0.670. The Balaban J connectivity index is 1.80. The Morgan fingerprint density at radius 3 is 2.42 bits per heavy atom. The van der Waals surface area contributed by atoms with E-state index in [9.17, 15) is 22.8 Å². The zero-order valence-electron chi connectivity index (χ0n) is 13.5. The van der Waals surface area contributed by atoms with Gasteiger partial charge in [0.05, 0.1) is 22.0 Å². The number of ether oxygens (including phenoxy) is 1. The number of nitrogens with zero attached hydrogens (tertiary/aromatic N) is 1. The second-order valence-corrected chi connectivity index (χ2v) is 5.59. The highest BCUT2D eigenvalue weighted by Gasteiger charge is 2.30. The number of H-pyrrole nitrogens is 1. The summed E-state index contributed by atoms with van der Waals surface area (Å²) >= 11 is 0. The van der Waals surface area contributed by atoms with Gasteiger partial charge in [-0.1, -0.05) is 12.1 Å². The van der Waals surface area contributed by atoms with Crippen LogP contribution in [-0.4, -0.2) is 15.9 Å². The van der Waals surface area contributed by atoms with Gasteiger partial charge < -0.3 is 9.72 Å². The molecule has 0 aliphatic rings. The van der Waals surface area contributed by atoms with Gasteiger partial charge in [-0.2, -0.15) is 13.2 Å². The van der Waals surface area contributed by atoms with Crippen molar-refractivity contribution in [3.63, 3.8) is 0 Å². The molecule has 2 aromatic carbocycles. The molecule has 1 heterocycles. The number of carbonyl (C=O) groups excluding carboxylic acids is 1. The van der Waals surface area contributed by atoms with Crippen LogP contribution in [-0.2, 0) is 10.9 Å². The molecule has 0 saturated carbocycles. The molecule has 1 N–H and O–H groups in total. The van der Waals surface area contributed by atoms with Gasteiger partial charge in [-0.25, -0.2) is 9.78 Å². The highest BCUT2D eigenvalue weighted by molar-refractivity contribution is 5.89. The summed E-state index contributed by atoms with van der Waals surface area (Å²) in [6.45, 7) is 1.51. The number of esters is 1. The van der Waals surface area contributed by atoms with Crippen molar-refractivity contribution in [1.82, 2.24) is 9.97 Å². The van der Waals surface area contributed by atoms with Crippen LogP contribution in [0.3, 0.4) is 0 Å². The lowest BCUT2D eigenvalue weighted by Gasteiger charge is -2.13. The van der Waals surface area contributed by atoms with E-state index in [0.717, 1.165) is 24.3 Å². The van der Waals surface area contributed by atoms with E-state index >= 15 is 0 Å². The molecule has 0 bridgehead atoms. The Morgan fingerprint density at radius 1 is 1.12 bits per heavy atom. The van der Waals surface area contributed by atoms with Crippen LogP contribution in [0.1, 0.15) is 34.8 Å². The molecule has 0 spiro atoms. The molecule has 1 aromatic heterocycles. The Kier molecular flexibility index (Phi) is 4.50. The highest BCUT2D eigenvalue weighted by Crippen LogP contribution is 2.29. The highest BCUT2D eigenvalue weighted by atomic mass is 19.4. The summed E-state index contributed by atoms with van der Waals surface area (Å²) in [6, 6.07) is 10.4. The van der Waals surface area contributed by atoms with E-state index in [1.165, 1.54) is 6.92 Å². The molecule has 0 aliphatic carbocycles. The average Bonchev–Trinajstić information content (AvgIpc) is 2.61. The normalized spacial score (nSPS) is 12.8. The minimum Gasteiger partial charge on any atom is -0.451 e. The third-order valence-corrected chi connectivity index (χ3v) is 3.75. The fraction of sp³-hybridized carbons (Fsp3) is 0.167. The van der Waals surface area contributed by atoms with E-state index in [0.29, 0.717) is 10.9 Å². The van der Waals surface area contributed by atoms with Gasteiger partial charge >= 0.3 is 12.1 Å². The molecular formula is C18H13F3N2O3. The molecule has 8 heteroatoms. The Bertz CT molecular complexity index is 1010. The lowest BCUT2D eigenvalue weighted by molar-refractivity contribution is -0.137. The van der Waals surface area contributed by atoms with Gasteiger partial charge in [0.2, 0.25) is 0 Å². The number of aromatic amines is 1. The lowest BCUT2D eigenvalue weighted by Crippen LogP contribution is -2.17. The van der Waals surface area contributed by atoms with Gasteiger partial charge in [0, 0.05) is 0 Å². The topological polar surface area (TPSA) is 72.0 Å². The van der Waals surface area contributed by atoms with Crippen LogP contribution in [0.25, 0.3) is 10.9 Å². The molecule has 0 saturated heterocycles. The molecule has 26 heavy (non-hydrogen) atoms. The van der Waals surface area contributed by atoms with Crippen LogP contribution in [0.4, 0.5) is 13.2 Å². The van der Waals surface area contributed by atoms with Crippen molar-refractivity contribution in [3.8, 4) is 0 Å². The smallest absolute Gasteiger partial charge is 0.416 e. The van der Waals surface area contributed by atoms with Gasteiger partial charge in [0.25, 0.3) is 5.56 Å². The van der Waals surface area contributed by atoms with Gasteiger partial charge in [0.1, 0.15) is 0 Å². The first kappa shape index (κ1) is 17.7. The molecule has 0 fully saturated rings. The second-order valence-electron chi connectivity index (χ2n) is 5.59. The standard InChI is InChI=1S/C18H13F3N2O3/c1-10(15-22-14-5-3-2-4-13(14)16(24)23-15)26-17(25)11-6-8-12(9-7-11)18(19,20)21/h2-10H,1H3,(H,22,23,24). The number of nitrogens with one attached hydrogen (secondary N) is 1. The van der Waals surface area contributed by atoms with E-state index in [2.05, 4.69) is 9.97 Å². The molecule has 0 amide bonds. The lowest BCUT2D eigenvalue weighted by atomic mass is 10.1. The number of benzene rings is 2. The molecule has 1 atom stereocenters. The van der Waals surface area contributed by atoms with Crippen molar-refractivity contribution in [3.05, 3.63) is 75.8 Å².